The molecule has 14 atom stereocenters. The third-order valence-corrected chi connectivity index (χ3v) is 12.0. The fourth-order valence-electron chi connectivity index (χ4n) is 8.26. The number of carbonyl (C=O) groups is 2. The van der Waals surface area contributed by atoms with Crippen molar-refractivity contribution >= 4 is 11.6 Å². The molecule has 7 nitrogen and oxygen atoms in total. The van der Waals surface area contributed by atoms with Crippen LogP contribution < -0.4 is 0 Å². The van der Waals surface area contributed by atoms with E-state index in [1.54, 1.807) is 6.92 Å². The van der Waals surface area contributed by atoms with Crippen LogP contribution in [0.4, 0.5) is 0 Å². The minimum Gasteiger partial charge on any atom is -0.393 e. The van der Waals surface area contributed by atoms with Crippen LogP contribution in [-0.4, -0.2) is 68.6 Å². The fourth-order valence-corrected chi connectivity index (χ4v) is 8.26. The molecular formula is C41H74O7. The molecule has 280 valence electrons. The zero-order valence-corrected chi connectivity index (χ0v) is 32.5. The Morgan fingerprint density at radius 1 is 0.812 bits per heavy atom. The molecule has 0 spiro atoms. The van der Waals surface area contributed by atoms with Crippen LogP contribution in [0.3, 0.4) is 0 Å². The number of rotatable bonds is 22. The molecule has 0 saturated carbocycles. The number of hydrogen-bond donors (Lipinski definition) is 3. The van der Waals surface area contributed by atoms with Crippen molar-refractivity contribution in [2.24, 2.45) is 41.4 Å². The second-order valence-corrected chi connectivity index (χ2v) is 17.1. The van der Waals surface area contributed by atoms with Gasteiger partial charge in [0.05, 0.1) is 48.1 Å². The van der Waals surface area contributed by atoms with Gasteiger partial charge in [-0.15, -0.1) is 0 Å². The number of carbonyl (C=O) groups excluding carboxylic acids is 2. The highest BCUT2D eigenvalue weighted by Crippen LogP contribution is 2.45. The van der Waals surface area contributed by atoms with Crippen molar-refractivity contribution in [3.8, 4) is 0 Å². The topological polar surface area (TPSA) is 113 Å². The normalized spacial score (nSPS) is 31.1. The maximum absolute atomic E-state index is 12.9. The Bertz CT molecular complexity index is 1010. The summed E-state index contributed by atoms with van der Waals surface area (Å²) in [6.07, 6.45) is 11.7. The minimum atomic E-state index is -0.699. The maximum atomic E-state index is 12.9. The van der Waals surface area contributed by atoms with Gasteiger partial charge in [-0.2, -0.15) is 0 Å². The first-order valence-electron chi connectivity index (χ1n) is 19.4. The zero-order chi connectivity index (χ0) is 36.4. The van der Waals surface area contributed by atoms with E-state index in [-0.39, 0.29) is 59.8 Å². The highest BCUT2D eigenvalue weighted by Gasteiger charge is 2.51. The SMILES string of the molecule is CCC[C@@H](C)C[C@H](C)C[C@H](C)C(=O)CC(=O)[C@H](C)C[C@H](C)C/C=C/[C@@H](C)[C@@H](O)[C@@H](C)[C@@H](O)C[C@@H]1CC[C@@](C)(C2CC[C@@](C)([C@@H](C)O)O2)O1. The summed E-state index contributed by atoms with van der Waals surface area (Å²) in [5, 5.41) is 32.3. The zero-order valence-electron chi connectivity index (χ0n) is 32.5. The van der Waals surface area contributed by atoms with Gasteiger partial charge in [-0.3, -0.25) is 9.59 Å². The number of ketones is 2. The van der Waals surface area contributed by atoms with Gasteiger partial charge in [-0.05, 0) is 96.3 Å². The van der Waals surface area contributed by atoms with Gasteiger partial charge < -0.3 is 24.8 Å². The summed E-state index contributed by atoms with van der Waals surface area (Å²) in [6.45, 7) is 22.4. The number of ether oxygens (including phenoxy) is 2. The first-order chi connectivity index (χ1) is 22.3. The van der Waals surface area contributed by atoms with Gasteiger partial charge in [0.1, 0.15) is 11.6 Å². The highest BCUT2D eigenvalue weighted by molar-refractivity contribution is 6.00. The largest absolute Gasteiger partial charge is 0.393 e. The summed E-state index contributed by atoms with van der Waals surface area (Å²) >= 11 is 0. The van der Waals surface area contributed by atoms with Gasteiger partial charge in [-0.1, -0.05) is 80.4 Å². The van der Waals surface area contributed by atoms with Crippen LogP contribution in [-0.2, 0) is 19.1 Å². The van der Waals surface area contributed by atoms with E-state index >= 15 is 0 Å². The molecule has 0 bridgehead atoms. The Morgan fingerprint density at radius 2 is 1.42 bits per heavy atom. The predicted molar refractivity (Wildman–Crippen MR) is 195 cm³/mol. The third kappa shape index (κ3) is 12.9. The summed E-state index contributed by atoms with van der Waals surface area (Å²) in [7, 11) is 0. The summed E-state index contributed by atoms with van der Waals surface area (Å²) in [6, 6.07) is 0. The molecule has 2 heterocycles. The lowest BCUT2D eigenvalue weighted by Gasteiger charge is -2.35. The Labute approximate surface area is 294 Å². The first kappa shape index (κ1) is 43.0. The maximum Gasteiger partial charge on any atom is 0.143 e. The van der Waals surface area contributed by atoms with Gasteiger partial charge in [0.25, 0.3) is 0 Å². The Morgan fingerprint density at radius 3 is 1.98 bits per heavy atom. The molecule has 2 aliphatic heterocycles. The molecule has 48 heavy (non-hydrogen) atoms. The number of aliphatic hydroxyl groups is 3. The lowest BCUT2D eigenvalue weighted by atomic mass is 9.84. The van der Waals surface area contributed by atoms with Gasteiger partial charge in [-0.25, -0.2) is 0 Å². The molecule has 2 aliphatic rings. The number of allylic oxidation sites excluding steroid dienone is 1. The molecule has 1 unspecified atom stereocenters. The minimum absolute atomic E-state index is 0.0352. The van der Waals surface area contributed by atoms with Gasteiger partial charge in [0, 0.05) is 23.7 Å². The average molecular weight is 679 g/mol. The molecule has 0 aromatic rings. The Balaban J connectivity index is 1.74. The summed E-state index contributed by atoms with van der Waals surface area (Å²) in [5.41, 5.74) is -0.985. The van der Waals surface area contributed by atoms with Crippen molar-refractivity contribution in [2.75, 3.05) is 0 Å². The quantitative estimate of drug-likeness (QED) is 0.0781. The summed E-state index contributed by atoms with van der Waals surface area (Å²) in [4.78, 5) is 25.7. The second-order valence-electron chi connectivity index (χ2n) is 17.1. The van der Waals surface area contributed by atoms with Gasteiger partial charge >= 0.3 is 0 Å². The number of hydrogen-bond acceptors (Lipinski definition) is 7. The van der Waals surface area contributed by atoms with E-state index in [1.165, 1.54) is 12.8 Å². The molecule has 2 fully saturated rings. The van der Waals surface area contributed by atoms with E-state index < -0.39 is 29.5 Å². The van der Waals surface area contributed by atoms with E-state index in [9.17, 15) is 24.9 Å². The van der Waals surface area contributed by atoms with Crippen LogP contribution in [0.1, 0.15) is 153 Å². The molecule has 0 amide bonds. The molecule has 0 radical (unpaired) electrons. The number of aliphatic hydroxyl groups excluding tert-OH is 3. The lowest BCUT2D eigenvalue weighted by Crippen LogP contribution is -2.44. The van der Waals surface area contributed by atoms with Crippen molar-refractivity contribution in [3.05, 3.63) is 12.2 Å². The highest BCUT2D eigenvalue weighted by atomic mass is 16.6. The average Bonchev–Trinajstić information content (AvgIpc) is 3.60. The van der Waals surface area contributed by atoms with E-state index in [0.717, 1.165) is 51.4 Å². The molecule has 0 aromatic carbocycles. The molecule has 7 heteroatoms. The van der Waals surface area contributed by atoms with Crippen molar-refractivity contribution < 1.29 is 34.4 Å². The standard InChI is InChI=1S/C41H74O7/c1-12-14-26(2)21-28(4)23-31(7)36(44)25-35(43)30(6)22-27(3)15-13-16-29(5)39(46)32(8)37(45)24-34-17-19-41(11,47-34)38-18-20-40(10,48-38)33(9)42/h13,16,26-34,37-39,42,45-46H,12,14-15,17-25H2,1-11H3/b16-13+/t26-,27-,28+,29-,30-,31+,32+,33-,34+,37+,38?,39-,40+,41+/m1/s1. The lowest BCUT2D eigenvalue weighted by molar-refractivity contribution is -0.172. The van der Waals surface area contributed by atoms with E-state index in [2.05, 4.69) is 40.7 Å². The Kier molecular flexibility index (Phi) is 17.5. The van der Waals surface area contributed by atoms with Crippen LogP contribution in [0, 0.1) is 41.4 Å². The second kappa shape index (κ2) is 19.5. The van der Waals surface area contributed by atoms with Crippen LogP contribution in [0.25, 0.3) is 0 Å². The van der Waals surface area contributed by atoms with Crippen molar-refractivity contribution in [2.45, 2.75) is 195 Å². The van der Waals surface area contributed by atoms with Crippen LogP contribution >= 0.6 is 0 Å². The van der Waals surface area contributed by atoms with Gasteiger partial charge in [0.2, 0.25) is 0 Å². The smallest absolute Gasteiger partial charge is 0.143 e. The van der Waals surface area contributed by atoms with Gasteiger partial charge in [0.15, 0.2) is 0 Å². The van der Waals surface area contributed by atoms with Crippen LogP contribution in [0.2, 0.25) is 0 Å². The fraction of sp³-hybridized carbons (Fsp3) is 0.902. The molecule has 0 aliphatic carbocycles. The van der Waals surface area contributed by atoms with E-state index in [1.807, 2.05) is 40.7 Å². The Hall–Kier alpha value is -1.12. The molecular weight excluding hydrogens is 604 g/mol. The molecule has 0 aromatic heterocycles. The summed E-state index contributed by atoms with van der Waals surface area (Å²) in [5.74, 6) is 0.862. The van der Waals surface area contributed by atoms with Crippen LogP contribution in [0.15, 0.2) is 12.2 Å². The van der Waals surface area contributed by atoms with Crippen molar-refractivity contribution in [3.63, 3.8) is 0 Å². The molecule has 2 saturated heterocycles. The first-order valence-corrected chi connectivity index (χ1v) is 19.4. The van der Waals surface area contributed by atoms with Crippen molar-refractivity contribution in [1.82, 2.24) is 0 Å². The third-order valence-electron chi connectivity index (χ3n) is 12.0. The van der Waals surface area contributed by atoms with E-state index in [0.29, 0.717) is 18.3 Å². The number of Topliss-reactive ketones (excluding diaryl/α,β-unsaturated/α-hetero) is 2. The predicted octanol–water partition coefficient (Wildman–Crippen LogP) is 8.25. The van der Waals surface area contributed by atoms with Crippen LogP contribution in [0.5, 0.6) is 0 Å². The summed E-state index contributed by atoms with van der Waals surface area (Å²) < 4.78 is 12.8. The van der Waals surface area contributed by atoms with Crippen molar-refractivity contribution in [1.29, 1.82) is 0 Å². The molecule has 3 N–H and O–H groups in total. The van der Waals surface area contributed by atoms with E-state index in [4.69, 9.17) is 9.47 Å². The monoisotopic (exact) mass is 679 g/mol. The molecule has 2 rings (SSSR count).